The van der Waals surface area contributed by atoms with Gasteiger partial charge in [-0.15, -0.1) is 0 Å². The second kappa shape index (κ2) is 7.15. The fraction of sp³-hybridized carbons (Fsp3) is 0.429. The van der Waals surface area contributed by atoms with E-state index in [4.69, 9.17) is 4.74 Å². The number of nitrogens with zero attached hydrogens (tertiary/aromatic N) is 3. The van der Waals surface area contributed by atoms with Crippen LogP contribution in [0.1, 0.15) is 20.8 Å². The molecule has 0 bridgehead atoms. The summed E-state index contributed by atoms with van der Waals surface area (Å²) in [5.41, 5.74) is -1.04. The number of halogens is 1. The van der Waals surface area contributed by atoms with E-state index in [2.05, 4.69) is 26.2 Å². The van der Waals surface area contributed by atoms with Crippen molar-refractivity contribution in [3.63, 3.8) is 0 Å². The van der Waals surface area contributed by atoms with Gasteiger partial charge in [0.1, 0.15) is 6.07 Å². The van der Waals surface area contributed by atoms with E-state index >= 15 is 0 Å². The number of hydrogen-bond acceptors (Lipinski definition) is 5. The lowest BCUT2D eigenvalue weighted by Gasteiger charge is -2.22. The molecule has 0 N–H and O–H groups in total. The molecule has 6 heteroatoms. The van der Waals surface area contributed by atoms with Crippen LogP contribution >= 0.6 is 15.9 Å². The van der Waals surface area contributed by atoms with Gasteiger partial charge >= 0.3 is 5.97 Å². The molecule has 0 fully saturated rings. The molecule has 0 saturated heterocycles. The lowest BCUT2D eigenvalue weighted by molar-refractivity contribution is -0.148. The highest BCUT2D eigenvalue weighted by molar-refractivity contribution is 9.10. The minimum absolute atomic E-state index is 0.197. The molecular weight excluding hydrogens is 322 g/mol. The van der Waals surface area contributed by atoms with Crippen LogP contribution in [0.2, 0.25) is 0 Å². The standard InChI is InChI=1S/C14H16BrN3O2/c1-4-20-13(19)14(9-16,10(2)3)18-17-12-7-5-11(15)6-8-12/h5-8,10H,4H2,1-3H3/b18-17+. The first-order valence-electron chi connectivity index (χ1n) is 6.23. The van der Waals surface area contributed by atoms with E-state index in [-0.39, 0.29) is 12.5 Å². The van der Waals surface area contributed by atoms with Crippen LogP contribution in [0.5, 0.6) is 0 Å². The highest BCUT2D eigenvalue weighted by atomic mass is 79.9. The van der Waals surface area contributed by atoms with E-state index < -0.39 is 11.5 Å². The van der Waals surface area contributed by atoms with Gasteiger partial charge in [0.25, 0.3) is 5.54 Å². The maximum absolute atomic E-state index is 12.0. The van der Waals surface area contributed by atoms with E-state index in [1.165, 1.54) is 0 Å². The van der Waals surface area contributed by atoms with Crippen LogP contribution < -0.4 is 0 Å². The summed E-state index contributed by atoms with van der Waals surface area (Å²) in [6, 6.07) is 9.03. The Balaban J connectivity index is 3.10. The zero-order chi connectivity index (χ0) is 15.2. The number of esters is 1. The largest absolute Gasteiger partial charge is 0.463 e. The predicted octanol–water partition coefficient (Wildman–Crippen LogP) is 4.01. The lowest BCUT2D eigenvalue weighted by atomic mass is 9.89. The quantitative estimate of drug-likeness (QED) is 0.601. The molecule has 0 aliphatic carbocycles. The Labute approximate surface area is 126 Å². The van der Waals surface area contributed by atoms with Crippen LogP contribution in [0, 0.1) is 17.2 Å². The highest BCUT2D eigenvalue weighted by Gasteiger charge is 2.44. The van der Waals surface area contributed by atoms with Gasteiger partial charge in [0.15, 0.2) is 0 Å². The average molecular weight is 338 g/mol. The molecule has 5 nitrogen and oxygen atoms in total. The van der Waals surface area contributed by atoms with E-state index in [0.717, 1.165) is 4.47 Å². The number of nitriles is 1. The molecule has 0 aliphatic heterocycles. The number of carbonyl (C=O) groups excluding carboxylic acids is 1. The Morgan fingerprint density at radius 1 is 1.45 bits per heavy atom. The fourth-order valence-corrected chi connectivity index (χ4v) is 1.74. The summed E-state index contributed by atoms with van der Waals surface area (Å²) in [6.45, 7) is 5.36. The van der Waals surface area contributed by atoms with Crippen LogP contribution in [-0.2, 0) is 9.53 Å². The van der Waals surface area contributed by atoms with Crippen molar-refractivity contribution in [1.29, 1.82) is 5.26 Å². The van der Waals surface area contributed by atoms with Gasteiger partial charge in [-0.2, -0.15) is 15.5 Å². The Kier molecular flexibility index (Phi) is 5.83. The van der Waals surface area contributed by atoms with Crippen molar-refractivity contribution in [2.75, 3.05) is 6.61 Å². The monoisotopic (exact) mass is 337 g/mol. The van der Waals surface area contributed by atoms with Crippen molar-refractivity contribution in [2.24, 2.45) is 16.1 Å². The maximum atomic E-state index is 12.0. The molecule has 0 spiro atoms. The van der Waals surface area contributed by atoms with Crippen LogP contribution in [0.4, 0.5) is 5.69 Å². The van der Waals surface area contributed by atoms with Gasteiger partial charge < -0.3 is 4.74 Å². The van der Waals surface area contributed by atoms with Gasteiger partial charge in [0.05, 0.1) is 12.3 Å². The Hall–Kier alpha value is -1.74. The molecule has 20 heavy (non-hydrogen) atoms. The maximum Gasteiger partial charge on any atom is 0.351 e. The second-order valence-corrected chi connectivity index (χ2v) is 5.35. The molecule has 1 aromatic carbocycles. The fourth-order valence-electron chi connectivity index (χ4n) is 1.47. The highest BCUT2D eigenvalue weighted by Crippen LogP contribution is 2.26. The number of benzene rings is 1. The van der Waals surface area contributed by atoms with E-state index in [9.17, 15) is 10.1 Å². The van der Waals surface area contributed by atoms with Crippen molar-refractivity contribution in [3.05, 3.63) is 28.7 Å². The van der Waals surface area contributed by atoms with Crippen LogP contribution in [0.15, 0.2) is 39.0 Å². The van der Waals surface area contributed by atoms with Crippen molar-refractivity contribution in [3.8, 4) is 6.07 Å². The first-order chi connectivity index (χ1) is 9.46. The molecule has 0 aliphatic rings. The second-order valence-electron chi connectivity index (χ2n) is 4.43. The third kappa shape index (κ3) is 3.64. The van der Waals surface area contributed by atoms with Crippen molar-refractivity contribution in [1.82, 2.24) is 0 Å². The van der Waals surface area contributed by atoms with Crippen LogP contribution in [0.25, 0.3) is 0 Å². The summed E-state index contributed by atoms with van der Waals surface area (Å²) in [4.78, 5) is 12.0. The molecule has 1 rings (SSSR count). The molecule has 106 valence electrons. The Morgan fingerprint density at radius 3 is 2.50 bits per heavy atom. The summed E-state index contributed by atoms with van der Waals surface area (Å²) in [6.07, 6.45) is 0. The molecule has 0 heterocycles. The van der Waals surface area contributed by atoms with Gasteiger partial charge in [-0.3, -0.25) is 0 Å². The van der Waals surface area contributed by atoms with Gasteiger partial charge in [-0.1, -0.05) is 29.8 Å². The molecule has 1 unspecified atom stereocenters. The molecule has 1 atom stereocenters. The predicted molar refractivity (Wildman–Crippen MR) is 78.5 cm³/mol. The number of carbonyl (C=O) groups is 1. The number of hydrogen-bond donors (Lipinski definition) is 0. The van der Waals surface area contributed by atoms with Crippen molar-refractivity contribution in [2.45, 2.75) is 26.3 Å². The minimum Gasteiger partial charge on any atom is -0.463 e. The third-order valence-electron chi connectivity index (χ3n) is 2.74. The minimum atomic E-state index is -1.61. The van der Waals surface area contributed by atoms with E-state index in [1.807, 2.05) is 18.2 Å². The molecule has 0 saturated carbocycles. The van der Waals surface area contributed by atoms with Gasteiger partial charge in [0, 0.05) is 10.4 Å². The number of azo groups is 1. The first kappa shape index (κ1) is 16.3. The lowest BCUT2D eigenvalue weighted by Crippen LogP contribution is -2.41. The zero-order valence-corrected chi connectivity index (χ0v) is 13.2. The average Bonchev–Trinajstić information content (AvgIpc) is 2.42. The number of rotatable bonds is 5. The summed E-state index contributed by atoms with van der Waals surface area (Å²) >= 11 is 3.32. The zero-order valence-electron chi connectivity index (χ0n) is 11.6. The van der Waals surface area contributed by atoms with Gasteiger partial charge in [-0.05, 0) is 31.2 Å². The van der Waals surface area contributed by atoms with Gasteiger partial charge in [-0.25, -0.2) is 4.79 Å². The molecule has 0 radical (unpaired) electrons. The first-order valence-corrected chi connectivity index (χ1v) is 7.02. The smallest absolute Gasteiger partial charge is 0.351 e. The normalized spacial score (nSPS) is 14.0. The third-order valence-corrected chi connectivity index (χ3v) is 3.27. The van der Waals surface area contributed by atoms with E-state index in [1.54, 1.807) is 32.9 Å². The molecule has 1 aromatic rings. The topological polar surface area (TPSA) is 74.8 Å². The van der Waals surface area contributed by atoms with Crippen LogP contribution in [0.3, 0.4) is 0 Å². The summed E-state index contributed by atoms with van der Waals surface area (Å²) < 4.78 is 5.86. The Morgan fingerprint density at radius 2 is 2.05 bits per heavy atom. The van der Waals surface area contributed by atoms with Crippen molar-refractivity contribution < 1.29 is 9.53 Å². The Bertz CT molecular complexity index is 534. The van der Waals surface area contributed by atoms with Crippen molar-refractivity contribution >= 4 is 27.6 Å². The summed E-state index contributed by atoms with van der Waals surface area (Å²) in [7, 11) is 0. The van der Waals surface area contributed by atoms with Crippen LogP contribution in [-0.4, -0.2) is 18.1 Å². The number of ether oxygens (including phenoxy) is 1. The SMILES string of the molecule is CCOC(=O)C(C#N)(/N=N/c1ccc(Br)cc1)C(C)C. The summed E-state index contributed by atoms with van der Waals surface area (Å²) in [5.74, 6) is -1.01. The molecular formula is C14H16BrN3O2. The summed E-state index contributed by atoms with van der Waals surface area (Å²) in [5, 5.41) is 17.3. The van der Waals surface area contributed by atoms with E-state index in [0.29, 0.717) is 5.69 Å². The molecule has 0 amide bonds. The van der Waals surface area contributed by atoms with Gasteiger partial charge in [0.2, 0.25) is 0 Å². The molecule has 0 aromatic heterocycles.